The minimum absolute atomic E-state index is 0.0444. The highest BCUT2D eigenvalue weighted by Gasteiger charge is 2.38. The van der Waals surface area contributed by atoms with E-state index in [9.17, 15) is 27.2 Å². The van der Waals surface area contributed by atoms with Crippen molar-refractivity contribution in [3.63, 3.8) is 0 Å². The third kappa shape index (κ3) is 9.54. The number of hydrogen-bond donors (Lipinski definition) is 2. The number of carbonyl (C=O) groups is 1. The first-order valence-electron chi connectivity index (χ1n) is 16.2. The van der Waals surface area contributed by atoms with Gasteiger partial charge in [-0.25, -0.2) is 13.2 Å². The molecule has 2 aromatic carbocycles. The molecule has 2 unspecified atom stereocenters. The summed E-state index contributed by atoms with van der Waals surface area (Å²) in [5.41, 5.74) is 2.59. The molecule has 15 heteroatoms. The maximum Gasteiger partial charge on any atom is 0.417 e. The molecule has 0 radical (unpaired) electrons. The zero-order chi connectivity index (χ0) is 37.9. The second-order valence-electron chi connectivity index (χ2n) is 11.7. The molecular weight excluding hydrogens is 682 g/mol. The summed E-state index contributed by atoms with van der Waals surface area (Å²) in [4.78, 5) is 18.2. The second kappa shape index (κ2) is 18.7. The molecule has 4 aromatic rings. The maximum atomic E-state index is 15.9. The van der Waals surface area contributed by atoms with Crippen LogP contribution in [0.5, 0.6) is 6.01 Å². The van der Waals surface area contributed by atoms with Gasteiger partial charge in [0.2, 0.25) is 0 Å². The van der Waals surface area contributed by atoms with E-state index in [0.29, 0.717) is 23.9 Å². The fraction of sp³-hybridized carbons (Fsp3) is 0.486. The lowest BCUT2D eigenvalue weighted by Crippen LogP contribution is -2.22. The summed E-state index contributed by atoms with van der Waals surface area (Å²) in [6.45, 7) is 16.3. The molecular formula is C35H44F6N6O2S. The molecule has 0 bridgehead atoms. The average Bonchev–Trinajstić information content (AvgIpc) is 3.76. The number of methoxy groups -OCH3 is 1. The Morgan fingerprint density at radius 1 is 1.20 bits per heavy atom. The van der Waals surface area contributed by atoms with Crippen molar-refractivity contribution in [2.24, 2.45) is 5.92 Å². The Kier molecular flexibility index (Phi) is 15.7. The fourth-order valence-electron chi connectivity index (χ4n) is 5.62. The molecule has 6 rings (SSSR count). The first-order chi connectivity index (χ1) is 23.7. The lowest BCUT2D eigenvalue weighted by atomic mass is 9.92. The van der Waals surface area contributed by atoms with E-state index in [0.717, 1.165) is 37.1 Å². The Morgan fingerprint density at radius 3 is 2.38 bits per heavy atom. The van der Waals surface area contributed by atoms with Crippen LogP contribution in [0.2, 0.25) is 0 Å². The van der Waals surface area contributed by atoms with Gasteiger partial charge in [-0.2, -0.15) is 28.4 Å². The number of ether oxygens (including phenoxy) is 1. The summed E-state index contributed by atoms with van der Waals surface area (Å²) in [6.07, 6.45) is -2.18. The first kappa shape index (κ1) is 42.0. The number of nitriles is 1. The third-order valence-electron chi connectivity index (χ3n) is 7.40. The molecule has 2 saturated heterocycles. The van der Waals surface area contributed by atoms with Crippen molar-refractivity contribution in [3.05, 3.63) is 41.0 Å². The summed E-state index contributed by atoms with van der Waals surface area (Å²) in [6, 6.07) is 4.75. The van der Waals surface area contributed by atoms with Crippen LogP contribution in [0.15, 0.2) is 18.2 Å². The number of halogens is 6. The normalized spacial score (nSPS) is 16.5. The Hall–Kier alpha value is -4.16. The summed E-state index contributed by atoms with van der Waals surface area (Å²) in [5, 5.41) is 11.8. The smallest absolute Gasteiger partial charge is 0.417 e. The number of rotatable bonds is 4. The Morgan fingerprint density at radius 2 is 1.84 bits per heavy atom. The maximum absolute atomic E-state index is 15.9. The Labute approximate surface area is 292 Å². The van der Waals surface area contributed by atoms with Crippen LogP contribution in [0.4, 0.5) is 37.2 Å². The molecule has 2 aliphatic rings. The van der Waals surface area contributed by atoms with Crippen LogP contribution in [0.1, 0.15) is 71.9 Å². The van der Waals surface area contributed by atoms with E-state index >= 15 is 4.39 Å². The van der Waals surface area contributed by atoms with Gasteiger partial charge in [-0.15, -0.1) is 11.3 Å². The SMILES string of the molecule is C=O.CC.CC(C)C.CCNc1nc(OC)nc2c(F)c(-c3ccc(F)c4sc(N)c(C#N)c34)c(C(F)(F)F)cc12.FC1CC2CCCN2C1. The number of alkyl halides is 4. The molecule has 2 aliphatic heterocycles. The minimum atomic E-state index is -5.00. The van der Waals surface area contributed by atoms with Gasteiger partial charge in [0, 0.05) is 35.5 Å². The molecule has 4 heterocycles. The van der Waals surface area contributed by atoms with Gasteiger partial charge in [-0.05, 0) is 56.3 Å². The van der Waals surface area contributed by atoms with Gasteiger partial charge in [0.25, 0.3) is 0 Å². The van der Waals surface area contributed by atoms with Gasteiger partial charge in [-0.3, -0.25) is 4.90 Å². The molecule has 274 valence electrons. The van der Waals surface area contributed by atoms with E-state index in [1.165, 1.54) is 20.0 Å². The zero-order valence-corrected chi connectivity index (χ0v) is 30.1. The summed E-state index contributed by atoms with van der Waals surface area (Å²) in [5.74, 6) is -1.32. The molecule has 3 N–H and O–H groups in total. The van der Waals surface area contributed by atoms with Crippen LogP contribution in [0, 0.1) is 28.9 Å². The van der Waals surface area contributed by atoms with Crippen molar-refractivity contribution in [1.29, 1.82) is 5.26 Å². The molecule has 50 heavy (non-hydrogen) atoms. The summed E-state index contributed by atoms with van der Waals surface area (Å²) >= 11 is 0.698. The molecule has 2 fully saturated rings. The minimum Gasteiger partial charge on any atom is -0.467 e. The van der Waals surface area contributed by atoms with Gasteiger partial charge >= 0.3 is 12.2 Å². The quantitative estimate of drug-likeness (QED) is 0.200. The molecule has 0 aliphatic carbocycles. The number of carbonyl (C=O) groups excluding carboxylic acids is 1. The number of nitrogen functional groups attached to an aromatic ring is 1. The number of aromatic nitrogens is 2. The van der Waals surface area contributed by atoms with Gasteiger partial charge in [-0.1, -0.05) is 40.7 Å². The lowest BCUT2D eigenvalue weighted by Gasteiger charge is -2.18. The van der Waals surface area contributed by atoms with Crippen molar-refractivity contribution in [2.75, 3.05) is 37.8 Å². The van der Waals surface area contributed by atoms with Gasteiger partial charge in [0.15, 0.2) is 5.82 Å². The van der Waals surface area contributed by atoms with Crippen LogP contribution < -0.4 is 15.8 Å². The number of anilines is 2. The van der Waals surface area contributed by atoms with Crippen LogP contribution in [-0.2, 0) is 11.0 Å². The highest BCUT2D eigenvalue weighted by atomic mass is 32.1. The van der Waals surface area contributed by atoms with Crippen LogP contribution >= 0.6 is 11.3 Å². The van der Waals surface area contributed by atoms with E-state index in [2.05, 4.69) is 41.0 Å². The predicted molar refractivity (Wildman–Crippen MR) is 188 cm³/mol. The number of fused-ring (bicyclic) bond motifs is 3. The van der Waals surface area contributed by atoms with Crippen LogP contribution in [0.25, 0.3) is 32.1 Å². The molecule has 2 aromatic heterocycles. The van der Waals surface area contributed by atoms with Crippen molar-refractivity contribution < 1.29 is 35.9 Å². The zero-order valence-electron chi connectivity index (χ0n) is 29.3. The van der Waals surface area contributed by atoms with Crippen molar-refractivity contribution in [1.82, 2.24) is 14.9 Å². The van der Waals surface area contributed by atoms with Gasteiger partial charge < -0.3 is 20.6 Å². The van der Waals surface area contributed by atoms with Crippen molar-refractivity contribution in [2.45, 2.75) is 79.2 Å². The fourth-order valence-corrected chi connectivity index (χ4v) is 6.57. The lowest BCUT2D eigenvalue weighted by molar-refractivity contribution is -0.137. The largest absolute Gasteiger partial charge is 0.467 e. The van der Waals surface area contributed by atoms with Gasteiger partial charge in [0.05, 0.1) is 22.9 Å². The molecule has 0 amide bonds. The van der Waals surface area contributed by atoms with Crippen LogP contribution in [0.3, 0.4) is 0 Å². The topological polar surface area (TPSA) is 117 Å². The summed E-state index contributed by atoms with van der Waals surface area (Å²) < 4.78 is 90.2. The summed E-state index contributed by atoms with van der Waals surface area (Å²) in [7, 11) is 1.23. The second-order valence-corrected chi connectivity index (χ2v) is 12.8. The van der Waals surface area contributed by atoms with Gasteiger partial charge in [0.1, 0.15) is 41.2 Å². The Bertz CT molecular complexity index is 1760. The highest BCUT2D eigenvalue weighted by molar-refractivity contribution is 7.23. The highest BCUT2D eigenvalue weighted by Crippen LogP contribution is 2.47. The van der Waals surface area contributed by atoms with Crippen molar-refractivity contribution >= 4 is 49.9 Å². The monoisotopic (exact) mass is 726 g/mol. The molecule has 8 nitrogen and oxygen atoms in total. The molecule has 2 atom stereocenters. The van der Waals surface area contributed by atoms with E-state index < -0.39 is 40.6 Å². The number of benzene rings is 2. The number of nitrogens with two attached hydrogens (primary N) is 1. The number of nitrogens with one attached hydrogen (secondary N) is 1. The van der Waals surface area contributed by atoms with E-state index in [1.807, 2.05) is 20.6 Å². The van der Waals surface area contributed by atoms with Crippen molar-refractivity contribution in [3.8, 4) is 23.2 Å². The standard InChI is InChI=1S/C21H14F5N5OS.C7H12FN.C4H10.C2H6.CH2O/c1-3-29-19-9-6-11(21(24,25)26)14(15(23)16(9)30-20(31-19)32-2)8-4-5-12(22)17-13(8)10(7-27)18(28)33-17;8-6-4-7-2-1-3-9(7)5-6;1-4(2)3;2*1-2/h4-6H,3,28H2,1-2H3,(H,29,30,31);6-7H,1-5H2;4H,1-3H3;1-2H3;1H2. The van der Waals surface area contributed by atoms with E-state index in [-0.39, 0.29) is 50.0 Å². The predicted octanol–water partition coefficient (Wildman–Crippen LogP) is 9.40. The molecule has 0 spiro atoms. The third-order valence-corrected chi connectivity index (χ3v) is 8.43. The number of hydrogen-bond acceptors (Lipinski definition) is 9. The number of thiophene rings is 1. The van der Waals surface area contributed by atoms with E-state index in [4.69, 9.17) is 15.3 Å². The first-order valence-corrected chi connectivity index (χ1v) is 17.0. The van der Waals surface area contributed by atoms with E-state index in [1.54, 1.807) is 13.0 Å². The molecule has 0 saturated carbocycles. The number of nitrogens with zero attached hydrogens (tertiary/aromatic N) is 4. The average molecular weight is 727 g/mol. The Balaban J connectivity index is 0.000000420. The van der Waals surface area contributed by atoms with Crippen LogP contribution in [-0.4, -0.2) is 60.6 Å².